The molecule has 4 rings (SSSR count). The van der Waals surface area contributed by atoms with Gasteiger partial charge in [-0.05, 0) is 30.7 Å². The molecule has 0 bridgehead atoms. The molecule has 28 heavy (non-hydrogen) atoms. The van der Waals surface area contributed by atoms with Crippen LogP contribution in [-0.4, -0.2) is 16.2 Å². The van der Waals surface area contributed by atoms with Crippen LogP contribution in [0.4, 0.5) is 8.78 Å². The normalized spacial score (nSPS) is 11.2. The molecule has 0 unspecified atom stereocenters. The summed E-state index contributed by atoms with van der Waals surface area (Å²) in [6.07, 6.45) is 0. The highest BCUT2D eigenvalue weighted by Gasteiger charge is 2.25. The molecule has 140 valence electrons. The summed E-state index contributed by atoms with van der Waals surface area (Å²) < 4.78 is 34.0. The third-order valence-corrected chi connectivity index (χ3v) is 4.65. The Hall–Kier alpha value is -3.74. The summed E-state index contributed by atoms with van der Waals surface area (Å²) in [6, 6.07) is 8.86. The molecule has 0 atom stereocenters. The van der Waals surface area contributed by atoms with Crippen molar-refractivity contribution in [1.29, 1.82) is 0 Å². The molecule has 0 amide bonds. The fourth-order valence-electron chi connectivity index (χ4n) is 3.31. The van der Waals surface area contributed by atoms with Crippen LogP contribution in [-0.2, 0) is 0 Å². The van der Waals surface area contributed by atoms with Crippen molar-refractivity contribution < 1.29 is 28.2 Å². The number of rotatable bonds is 2. The minimum absolute atomic E-state index is 0.0109. The number of aromatic hydroxyl groups is 1. The quantitative estimate of drug-likeness (QED) is 0.497. The van der Waals surface area contributed by atoms with Gasteiger partial charge in [-0.3, -0.25) is 4.79 Å². The number of carboxylic acids is 1. The van der Waals surface area contributed by atoms with E-state index < -0.39 is 28.8 Å². The van der Waals surface area contributed by atoms with Gasteiger partial charge < -0.3 is 14.6 Å². The minimum Gasteiger partial charge on any atom is -0.505 e. The van der Waals surface area contributed by atoms with E-state index in [1.165, 1.54) is 25.1 Å². The van der Waals surface area contributed by atoms with Gasteiger partial charge in [-0.1, -0.05) is 18.2 Å². The second-order valence-electron chi connectivity index (χ2n) is 6.32. The number of phenols is 1. The van der Waals surface area contributed by atoms with Gasteiger partial charge in [-0.15, -0.1) is 0 Å². The van der Waals surface area contributed by atoms with Crippen molar-refractivity contribution in [1.82, 2.24) is 0 Å². The van der Waals surface area contributed by atoms with Gasteiger partial charge in [-0.25, -0.2) is 13.6 Å². The van der Waals surface area contributed by atoms with Gasteiger partial charge in [0.25, 0.3) is 0 Å². The largest absolute Gasteiger partial charge is 0.505 e. The Morgan fingerprint density at radius 3 is 2.46 bits per heavy atom. The van der Waals surface area contributed by atoms with Gasteiger partial charge in [0.1, 0.15) is 11.3 Å². The van der Waals surface area contributed by atoms with Crippen molar-refractivity contribution in [3.05, 3.63) is 75.4 Å². The highest BCUT2D eigenvalue weighted by molar-refractivity contribution is 6.08. The van der Waals surface area contributed by atoms with E-state index in [0.717, 1.165) is 18.2 Å². The number of aryl methyl sites for hydroxylation is 1. The molecule has 0 radical (unpaired) electrons. The van der Waals surface area contributed by atoms with Crippen molar-refractivity contribution >= 4 is 16.9 Å². The predicted octanol–water partition coefficient (Wildman–Crippen LogP) is 4.56. The molecule has 2 aliphatic rings. The highest BCUT2D eigenvalue weighted by Crippen LogP contribution is 2.44. The molecule has 2 aromatic rings. The standard InChI is InChI=1S/C21H12F2O5/c1-9-19(25)15(23)7-13-18(10-4-2-3-5-11(10)21(26)27)12-6-14(22)16(24)8-17(12)28-20(9)13/h2-8,25H,1H3,(H,26,27). The topological polar surface area (TPSA) is 87.7 Å². The molecule has 1 aliphatic carbocycles. The number of aromatic carboxylic acids is 1. The number of halogens is 2. The molecule has 0 saturated carbocycles. The van der Waals surface area contributed by atoms with E-state index in [4.69, 9.17) is 4.42 Å². The zero-order valence-corrected chi connectivity index (χ0v) is 14.4. The van der Waals surface area contributed by atoms with Crippen molar-refractivity contribution in [2.45, 2.75) is 6.92 Å². The first-order valence-electron chi connectivity index (χ1n) is 8.20. The van der Waals surface area contributed by atoms with E-state index in [1.54, 1.807) is 6.07 Å². The molecule has 0 aromatic heterocycles. The van der Waals surface area contributed by atoms with Crippen LogP contribution in [0.2, 0.25) is 0 Å². The van der Waals surface area contributed by atoms with E-state index in [9.17, 15) is 28.6 Å². The third-order valence-electron chi connectivity index (χ3n) is 4.65. The maximum atomic E-state index is 14.3. The Morgan fingerprint density at radius 2 is 1.75 bits per heavy atom. The lowest BCUT2D eigenvalue weighted by Crippen LogP contribution is -2.08. The van der Waals surface area contributed by atoms with Crippen LogP contribution in [0.25, 0.3) is 33.4 Å². The van der Waals surface area contributed by atoms with Gasteiger partial charge in [-0.2, -0.15) is 0 Å². The Bertz CT molecular complexity index is 1310. The van der Waals surface area contributed by atoms with Crippen molar-refractivity contribution in [3.8, 4) is 28.2 Å². The van der Waals surface area contributed by atoms with Gasteiger partial charge in [0.15, 0.2) is 17.4 Å². The Morgan fingerprint density at radius 1 is 1.04 bits per heavy atom. The van der Waals surface area contributed by atoms with E-state index in [2.05, 4.69) is 0 Å². The molecule has 0 spiro atoms. The van der Waals surface area contributed by atoms with Crippen molar-refractivity contribution in [3.63, 3.8) is 0 Å². The summed E-state index contributed by atoms with van der Waals surface area (Å²) in [5.74, 6) is -3.85. The van der Waals surface area contributed by atoms with Gasteiger partial charge >= 0.3 is 5.97 Å². The van der Waals surface area contributed by atoms with E-state index in [0.29, 0.717) is 0 Å². The zero-order valence-electron chi connectivity index (χ0n) is 14.4. The SMILES string of the molecule is Cc1c(O)c(F)cc2c(-c3ccccc3C(=O)O)c3cc(F)c(=O)cc-3oc12. The van der Waals surface area contributed by atoms with Crippen LogP contribution in [0.5, 0.6) is 5.75 Å². The van der Waals surface area contributed by atoms with Gasteiger partial charge in [0.2, 0.25) is 5.43 Å². The summed E-state index contributed by atoms with van der Waals surface area (Å²) in [5, 5.41) is 19.6. The molecular formula is C21H12F2O5. The Labute approximate surface area is 156 Å². The molecule has 1 heterocycles. The molecule has 0 fully saturated rings. The number of carboxylic acid groups (broad SMARTS) is 1. The number of phenolic OH excluding ortho intramolecular Hbond substituents is 1. The third kappa shape index (κ3) is 2.51. The van der Waals surface area contributed by atoms with Crippen LogP contribution < -0.4 is 5.43 Å². The number of fused-ring (bicyclic) bond motifs is 2. The first-order valence-corrected chi connectivity index (χ1v) is 8.20. The second kappa shape index (κ2) is 6.16. The summed E-state index contributed by atoms with van der Waals surface area (Å²) in [6.45, 7) is 1.42. The average Bonchev–Trinajstić information content (AvgIpc) is 2.66. The number of carbonyl (C=O) groups is 1. The summed E-state index contributed by atoms with van der Waals surface area (Å²) in [4.78, 5) is 23.5. The lowest BCUT2D eigenvalue weighted by Gasteiger charge is -2.18. The molecule has 5 nitrogen and oxygen atoms in total. The summed E-state index contributed by atoms with van der Waals surface area (Å²) in [7, 11) is 0. The molecule has 7 heteroatoms. The Balaban J connectivity index is 2.31. The fraction of sp³-hybridized carbons (Fsp3) is 0.0476. The van der Waals surface area contributed by atoms with Crippen LogP contribution >= 0.6 is 0 Å². The maximum Gasteiger partial charge on any atom is 0.336 e. The maximum absolute atomic E-state index is 14.3. The number of hydrogen-bond acceptors (Lipinski definition) is 4. The predicted molar refractivity (Wildman–Crippen MR) is 97.8 cm³/mol. The van der Waals surface area contributed by atoms with Gasteiger partial charge in [0, 0.05) is 28.1 Å². The molecule has 1 aliphatic heterocycles. The summed E-state index contributed by atoms with van der Waals surface area (Å²) in [5.41, 5.74) is -0.359. The van der Waals surface area contributed by atoms with E-state index in [-0.39, 0.29) is 44.5 Å². The number of hydrogen-bond donors (Lipinski definition) is 2. The van der Waals surface area contributed by atoms with E-state index >= 15 is 0 Å². The first-order chi connectivity index (χ1) is 13.3. The van der Waals surface area contributed by atoms with Crippen LogP contribution in [0, 0.1) is 18.6 Å². The smallest absolute Gasteiger partial charge is 0.336 e. The van der Waals surface area contributed by atoms with Gasteiger partial charge in [0.05, 0.1) is 5.56 Å². The van der Waals surface area contributed by atoms with E-state index in [1.807, 2.05) is 0 Å². The monoisotopic (exact) mass is 382 g/mol. The molecule has 2 aromatic carbocycles. The minimum atomic E-state index is -1.23. The second-order valence-corrected chi connectivity index (χ2v) is 6.32. The highest BCUT2D eigenvalue weighted by atomic mass is 19.1. The molecule has 0 saturated heterocycles. The van der Waals surface area contributed by atoms with Crippen molar-refractivity contribution in [2.24, 2.45) is 0 Å². The van der Waals surface area contributed by atoms with Crippen molar-refractivity contribution in [2.75, 3.05) is 0 Å². The Kier molecular flexibility index (Phi) is 3.88. The van der Waals surface area contributed by atoms with Crippen LogP contribution in [0.15, 0.2) is 51.7 Å². The molecule has 2 N–H and O–H groups in total. The lowest BCUT2D eigenvalue weighted by molar-refractivity contribution is 0.0697. The first kappa shape index (κ1) is 17.7. The zero-order chi connectivity index (χ0) is 20.2. The average molecular weight is 382 g/mol. The van der Waals surface area contributed by atoms with Crippen LogP contribution in [0.1, 0.15) is 15.9 Å². The lowest BCUT2D eigenvalue weighted by atomic mass is 9.90. The number of benzene rings is 3. The van der Waals surface area contributed by atoms with Crippen LogP contribution in [0.3, 0.4) is 0 Å². The molecular weight excluding hydrogens is 370 g/mol. The summed E-state index contributed by atoms with van der Waals surface area (Å²) >= 11 is 0. The fourth-order valence-corrected chi connectivity index (χ4v) is 3.31.